The molecule has 1 aliphatic carbocycles. The minimum Gasteiger partial charge on any atom is -0.481 e. The van der Waals surface area contributed by atoms with E-state index in [0.717, 1.165) is 25.7 Å². The molecule has 0 aromatic heterocycles. The van der Waals surface area contributed by atoms with Gasteiger partial charge in [0, 0.05) is 0 Å². The van der Waals surface area contributed by atoms with Gasteiger partial charge in [-0.2, -0.15) is 0 Å². The predicted octanol–water partition coefficient (Wildman–Crippen LogP) is 4.38. The van der Waals surface area contributed by atoms with E-state index < -0.39 is 17.0 Å². The van der Waals surface area contributed by atoms with Crippen molar-refractivity contribution in [2.24, 2.45) is 11.3 Å². The molecule has 0 aromatic carbocycles. The summed E-state index contributed by atoms with van der Waals surface area (Å²) >= 11 is 0. The topological polar surface area (TPSA) is 57.5 Å². The Kier molecular flexibility index (Phi) is 6.50. The van der Waals surface area contributed by atoms with Gasteiger partial charge in [0.2, 0.25) is 0 Å². The summed E-state index contributed by atoms with van der Waals surface area (Å²) in [5.74, 6) is -0.00876. The maximum absolute atomic E-state index is 11.8. The number of unbranched alkanes of at least 4 members (excludes halogenated alkanes) is 1. The van der Waals surface area contributed by atoms with E-state index in [9.17, 15) is 15.0 Å². The monoisotopic (exact) mass is 284 g/mol. The molecule has 0 spiro atoms. The zero-order valence-corrected chi connectivity index (χ0v) is 13.5. The molecule has 0 radical (unpaired) electrons. The van der Waals surface area contributed by atoms with Crippen LogP contribution in [0, 0.1) is 11.3 Å². The van der Waals surface area contributed by atoms with Crippen molar-refractivity contribution in [3.63, 3.8) is 0 Å². The molecule has 0 heterocycles. The summed E-state index contributed by atoms with van der Waals surface area (Å²) in [6.45, 7) is 6.10. The van der Waals surface area contributed by atoms with Gasteiger partial charge in [0.1, 0.15) is 0 Å². The van der Waals surface area contributed by atoms with Crippen LogP contribution in [0.5, 0.6) is 0 Å². The lowest BCUT2D eigenvalue weighted by Gasteiger charge is -2.41. The van der Waals surface area contributed by atoms with Gasteiger partial charge in [-0.3, -0.25) is 4.79 Å². The SMILES string of the molecule is CCCCC1CCC(CC(O)(CC)CC)(C(=O)O)CC1. The van der Waals surface area contributed by atoms with Gasteiger partial charge in [-0.05, 0) is 50.9 Å². The number of hydrogen-bond donors (Lipinski definition) is 2. The Morgan fingerprint density at radius 1 is 1.20 bits per heavy atom. The van der Waals surface area contributed by atoms with Gasteiger partial charge in [-0.15, -0.1) is 0 Å². The van der Waals surface area contributed by atoms with Gasteiger partial charge >= 0.3 is 5.97 Å². The van der Waals surface area contributed by atoms with Crippen LogP contribution in [-0.2, 0) is 4.79 Å². The number of carbonyl (C=O) groups is 1. The molecule has 3 heteroatoms. The number of carboxylic acids is 1. The average Bonchev–Trinajstić information content (AvgIpc) is 2.46. The Labute approximate surface area is 123 Å². The highest BCUT2D eigenvalue weighted by atomic mass is 16.4. The Hall–Kier alpha value is -0.570. The molecule has 0 aromatic rings. The molecule has 0 amide bonds. The molecular formula is C17H32O3. The first-order valence-corrected chi connectivity index (χ1v) is 8.37. The van der Waals surface area contributed by atoms with Crippen LogP contribution in [0.4, 0.5) is 0 Å². The molecule has 0 saturated heterocycles. The second-order valence-electron chi connectivity index (χ2n) is 6.78. The van der Waals surface area contributed by atoms with Crippen LogP contribution in [0.3, 0.4) is 0 Å². The Balaban J connectivity index is 2.69. The van der Waals surface area contributed by atoms with Gasteiger partial charge < -0.3 is 10.2 Å². The predicted molar refractivity (Wildman–Crippen MR) is 81.7 cm³/mol. The summed E-state index contributed by atoms with van der Waals surface area (Å²) in [6.07, 6.45) is 8.88. The van der Waals surface area contributed by atoms with Crippen molar-refractivity contribution in [1.82, 2.24) is 0 Å². The largest absolute Gasteiger partial charge is 0.481 e. The fraction of sp³-hybridized carbons (Fsp3) is 0.941. The molecule has 1 rings (SSSR count). The highest BCUT2D eigenvalue weighted by Crippen LogP contribution is 2.46. The van der Waals surface area contributed by atoms with Crippen LogP contribution in [-0.4, -0.2) is 21.8 Å². The van der Waals surface area contributed by atoms with Crippen LogP contribution >= 0.6 is 0 Å². The summed E-state index contributed by atoms with van der Waals surface area (Å²) in [5.41, 5.74) is -1.50. The third-order valence-corrected chi connectivity index (χ3v) is 5.47. The van der Waals surface area contributed by atoms with E-state index in [2.05, 4.69) is 6.92 Å². The zero-order valence-electron chi connectivity index (χ0n) is 13.5. The molecule has 2 N–H and O–H groups in total. The van der Waals surface area contributed by atoms with Crippen LogP contribution in [0.1, 0.15) is 85.0 Å². The first-order chi connectivity index (χ1) is 9.41. The normalized spacial score (nSPS) is 27.5. The lowest BCUT2D eigenvalue weighted by atomic mass is 9.64. The maximum atomic E-state index is 11.8. The van der Waals surface area contributed by atoms with Crippen LogP contribution in [0.25, 0.3) is 0 Å². The lowest BCUT2D eigenvalue weighted by molar-refractivity contribution is -0.157. The molecule has 0 atom stereocenters. The van der Waals surface area contributed by atoms with Gasteiger partial charge in [0.05, 0.1) is 11.0 Å². The van der Waals surface area contributed by atoms with E-state index in [1.54, 1.807) is 0 Å². The summed E-state index contributed by atoms with van der Waals surface area (Å²) in [7, 11) is 0. The molecule has 1 aliphatic rings. The fourth-order valence-electron chi connectivity index (χ4n) is 3.61. The minimum atomic E-state index is -0.811. The van der Waals surface area contributed by atoms with Gasteiger partial charge in [0.15, 0.2) is 0 Å². The van der Waals surface area contributed by atoms with Crippen molar-refractivity contribution in [2.75, 3.05) is 0 Å². The van der Waals surface area contributed by atoms with Crippen molar-refractivity contribution in [2.45, 2.75) is 90.6 Å². The summed E-state index contributed by atoms with van der Waals surface area (Å²) in [5, 5.41) is 20.2. The summed E-state index contributed by atoms with van der Waals surface area (Å²) in [6, 6.07) is 0. The van der Waals surface area contributed by atoms with Crippen molar-refractivity contribution >= 4 is 5.97 Å². The molecule has 3 nitrogen and oxygen atoms in total. The van der Waals surface area contributed by atoms with Crippen molar-refractivity contribution in [3.05, 3.63) is 0 Å². The maximum Gasteiger partial charge on any atom is 0.309 e. The lowest BCUT2D eigenvalue weighted by Crippen LogP contribution is -2.43. The van der Waals surface area contributed by atoms with E-state index in [1.165, 1.54) is 19.3 Å². The molecule has 0 bridgehead atoms. The second-order valence-corrected chi connectivity index (χ2v) is 6.78. The third-order valence-electron chi connectivity index (χ3n) is 5.47. The van der Waals surface area contributed by atoms with E-state index in [0.29, 0.717) is 25.2 Å². The van der Waals surface area contributed by atoms with E-state index in [1.807, 2.05) is 13.8 Å². The Bertz CT molecular complexity index is 299. The number of carboxylic acid groups (broad SMARTS) is 1. The van der Waals surface area contributed by atoms with Gasteiger partial charge in [0.25, 0.3) is 0 Å². The molecule has 1 saturated carbocycles. The first-order valence-electron chi connectivity index (χ1n) is 8.37. The van der Waals surface area contributed by atoms with Gasteiger partial charge in [-0.1, -0.05) is 40.0 Å². The highest BCUT2D eigenvalue weighted by Gasteiger charge is 2.46. The standard InChI is InChI=1S/C17H32O3/c1-4-7-8-14-9-11-16(12-10-14,15(18)19)13-17(20,5-2)6-3/h14,20H,4-13H2,1-3H3,(H,18,19). The molecule has 118 valence electrons. The molecule has 1 fully saturated rings. The van der Waals surface area contributed by atoms with E-state index >= 15 is 0 Å². The molecular weight excluding hydrogens is 252 g/mol. The van der Waals surface area contributed by atoms with Crippen molar-refractivity contribution in [3.8, 4) is 0 Å². The smallest absolute Gasteiger partial charge is 0.309 e. The van der Waals surface area contributed by atoms with Crippen molar-refractivity contribution in [1.29, 1.82) is 0 Å². The van der Waals surface area contributed by atoms with E-state index in [-0.39, 0.29) is 0 Å². The number of aliphatic carboxylic acids is 1. The van der Waals surface area contributed by atoms with Crippen LogP contribution < -0.4 is 0 Å². The average molecular weight is 284 g/mol. The third kappa shape index (κ3) is 4.21. The summed E-state index contributed by atoms with van der Waals surface area (Å²) in [4.78, 5) is 11.8. The summed E-state index contributed by atoms with van der Waals surface area (Å²) < 4.78 is 0. The quantitative estimate of drug-likeness (QED) is 0.695. The highest BCUT2D eigenvalue weighted by molar-refractivity contribution is 5.75. The Morgan fingerprint density at radius 2 is 1.75 bits per heavy atom. The number of rotatable bonds is 8. The second kappa shape index (κ2) is 7.44. The first kappa shape index (κ1) is 17.5. The zero-order chi connectivity index (χ0) is 15.2. The fourth-order valence-corrected chi connectivity index (χ4v) is 3.61. The van der Waals surface area contributed by atoms with Gasteiger partial charge in [-0.25, -0.2) is 0 Å². The number of aliphatic hydroxyl groups is 1. The van der Waals surface area contributed by atoms with Crippen LogP contribution in [0.2, 0.25) is 0 Å². The molecule has 20 heavy (non-hydrogen) atoms. The van der Waals surface area contributed by atoms with E-state index in [4.69, 9.17) is 0 Å². The van der Waals surface area contributed by atoms with Crippen LogP contribution in [0.15, 0.2) is 0 Å². The number of hydrogen-bond acceptors (Lipinski definition) is 2. The minimum absolute atomic E-state index is 0.419. The Morgan fingerprint density at radius 3 is 2.15 bits per heavy atom. The van der Waals surface area contributed by atoms with Crippen molar-refractivity contribution < 1.29 is 15.0 Å². The molecule has 0 unspecified atom stereocenters. The molecule has 0 aliphatic heterocycles.